The zero-order valence-corrected chi connectivity index (χ0v) is 14.2. The number of nitrogens with one attached hydrogen (secondary N) is 1. The van der Waals surface area contributed by atoms with E-state index in [4.69, 9.17) is 11.6 Å². The average Bonchev–Trinajstić information content (AvgIpc) is 2.98. The molecule has 0 aliphatic heterocycles. The van der Waals surface area contributed by atoms with Crippen molar-refractivity contribution in [2.45, 2.75) is 13.8 Å². The Balaban J connectivity index is 1.81. The molecule has 6 heteroatoms. The summed E-state index contributed by atoms with van der Waals surface area (Å²) in [5.41, 5.74) is 4.71. The van der Waals surface area contributed by atoms with Crippen molar-refractivity contribution in [3.63, 3.8) is 0 Å². The Hall–Kier alpha value is -2.24. The van der Waals surface area contributed by atoms with E-state index in [0.29, 0.717) is 15.8 Å². The van der Waals surface area contributed by atoms with Gasteiger partial charge in [-0.2, -0.15) is 0 Å². The van der Waals surface area contributed by atoms with Gasteiger partial charge in [0.25, 0.3) is 5.91 Å². The van der Waals surface area contributed by atoms with Gasteiger partial charge in [-0.05, 0) is 37.6 Å². The molecule has 1 N–H and O–H groups in total. The second kappa shape index (κ2) is 6.48. The lowest BCUT2D eigenvalue weighted by atomic mass is 10.0. The molecule has 3 rings (SSSR count). The number of pyridine rings is 1. The van der Waals surface area contributed by atoms with E-state index in [1.807, 2.05) is 19.2 Å². The summed E-state index contributed by atoms with van der Waals surface area (Å²) in [5.74, 6) is -0.254. The molecule has 1 aromatic carbocycles. The van der Waals surface area contributed by atoms with Crippen molar-refractivity contribution in [3.05, 3.63) is 63.8 Å². The standard InChI is InChI=1S/C17H14ClN3OS/c1-10-3-4-11(2)13(7-10)14-9-23-17(20-14)21-16(22)12-5-6-15(18)19-8-12/h3-9H,1-2H3,(H,20,21,22). The van der Waals surface area contributed by atoms with Crippen LogP contribution in [0.3, 0.4) is 0 Å². The molecule has 0 saturated heterocycles. The van der Waals surface area contributed by atoms with Crippen molar-refractivity contribution in [1.82, 2.24) is 9.97 Å². The van der Waals surface area contributed by atoms with Gasteiger partial charge in [0.05, 0.1) is 11.3 Å². The summed E-state index contributed by atoms with van der Waals surface area (Å²) in [6.45, 7) is 4.09. The fourth-order valence-electron chi connectivity index (χ4n) is 2.15. The van der Waals surface area contributed by atoms with E-state index in [-0.39, 0.29) is 5.91 Å². The van der Waals surface area contributed by atoms with Crippen molar-refractivity contribution < 1.29 is 4.79 Å². The van der Waals surface area contributed by atoms with Crippen molar-refractivity contribution >= 4 is 34.0 Å². The fraction of sp³-hybridized carbons (Fsp3) is 0.118. The van der Waals surface area contributed by atoms with Gasteiger partial charge in [-0.15, -0.1) is 11.3 Å². The normalized spacial score (nSPS) is 10.6. The second-order valence-electron chi connectivity index (χ2n) is 5.18. The maximum Gasteiger partial charge on any atom is 0.259 e. The molecule has 4 nitrogen and oxygen atoms in total. The van der Waals surface area contributed by atoms with Gasteiger partial charge in [0, 0.05) is 17.1 Å². The van der Waals surface area contributed by atoms with Crippen LogP contribution < -0.4 is 5.32 Å². The number of aromatic nitrogens is 2. The van der Waals surface area contributed by atoms with Crippen LogP contribution in [0.4, 0.5) is 5.13 Å². The first-order valence-corrected chi connectivity index (χ1v) is 8.25. The number of thiazole rings is 1. The minimum atomic E-state index is -0.254. The lowest BCUT2D eigenvalue weighted by Crippen LogP contribution is -2.11. The molecule has 0 spiro atoms. The number of amides is 1. The molecule has 0 radical (unpaired) electrons. The number of hydrogen-bond acceptors (Lipinski definition) is 4. The first-order valence-electron chi connectivity index (χ1n) is 6.99. The van der Waals surface area contributed by atoms with Crippen LogP contribution in [-0.2, 0) is 0 Å². The first kappa shape index (κ1) is 15.6. The van der Waals surface area contributed by atoms with Crippen LogP contribution in [0.15, 0.2) is 41.9 Å². The number of hydrogen-bond donors (Lipinski definition) is 1. The molecule has 1 amide bonds. The summed E-state index contributed by atoms with van der Waals surface area (Å²) in [6, 6.07) is 9.45. The van der Waals surface area contributed by atoms with Crippen LogP contribution in [0.2, 0.25) is 5.15 Å². The molecule has 3 aromatic rings. The van der Waals surface area contributed by atoms with Crippen LogP contribution in [0.1, 0.15) is 21.5 Å². The highest BCUT2D eigenvalue weighted by atomic mass is 35.5. The first-order chi connectivity index (χ1) is 11.0. The van der Waals surface area contributed by atoms with Gasteiger partial charge in [-0.3, -0.25) is 10.1 Å². The molecule has 0 atom stereocenters. The fourth-order valence-corrected chi connectivity index (χ4v) is 2.96. The van der Waals surface area contributed by atoms with E-state index in [1.54, 1.807) is 12.1 Å². The lowest BCUT2D eigenvalue weighted by Gasteiger charge is -2.04. The van der Waals surface area contributed by atoms with Crippen LogP contribution >= 0.6 is 22.9 Å². The number of nitrogens with zero attached hydrogens (tertiary/aromatic N) is 2. The highest BCUT2D eigenvalue weighted by Crippen LogP contribution is 2.28. The van der Waals surface area contributed by atoms with Gasteiger partial charge in [-0.1, -0.05) is 29.3 Å². The second-order valence-corrected chi connectivity index (χ2v) is 6.43. The van der Waals surface area contributed by atoms with Crippen molar-refractivity contribution in [1.29, 1.82) is 0 Å². The van der Waals surface area contributed by atoms with Gasteiger partial charge in [-0.25, -0.2) is 9.97 Å². The molecule has 23 heavy (non-hydrogen) atoms. The van der Waals surface area contributed by atoms with Crippen LogP contribution in [0, 0.1) is 13.8 Å². The smallest absolute Gasteiger partial charge is 0.259 e. The number of halogens is 1. The Morgan fingerprint density at radius 1 is 1.22 bits per heavy atom. The predicted octanol–water partition coefficient (Wildman–Crippen LogP) is 4.73. The van der Waals surface area contributed by atoms with Crippen molar-refractivity contribution in [3.8, 4) is 11.3 Å². The maximum atomic E-state index is 12.2. The summed E-state index contributed by atoms with van der Waals surface area (Å²) < 4.78 is 0. The van der Waals surface area contributed by atoms with E-state index in [0.717, 1.165) is 16.8 Å². The number of carbonyl (C=O) groups excluding carboxylic acids is 1. The molecule has 2 heterocycles. The summed E-state index contributed by atoms with van der Waals surface area (Å²) in [7, 11) is 0. The zero-order valence-electron chi connectivity index (χ0n) is 12.6. The SMILES string of the molecule is Cc1ccc(C)c(-c2csc(NC(=O)c3ccc(Cl)nc3)n2)c1. The van der Waals surface area contributed by atoms with E-state index in [9.17, 15) is 4.79 Å². The number of rotatable bonds is 3. The zero-order chi connectivity index (χ0) is 16.4. The molecule has 0 fully saturated rings. The van der Waals surface area contributed by atoms with Gasteiger partial charge < -0.3 is 0 Å². The minimum absolute atomic E-state index is 0.254. The third-order valence-corrected chi connectivity index (χ3v) is 4.36. The molecule has 0 aliphatic carbocycles. The van der Waals surface area contributed by atoms with Gasteiger partial charge in [0.1, 0.15) is 5.15 Å². The topological polar surface area (TPSA) is 54.9 Å². The van der Waals surface area contributed by atoms with E-state index in [2.05, 4.69) is 33.5 Å². The largest absolute Gasteiger partial charge is 0.298 e. The van der Waals surface area contributed by atoms with Crippen molar-refractivity contribution in [2.75, 3.05) is 5.32 Å². The third-order valence-electron chi connectivity index (χ3n) is 3.38. The quantitative estimate of drug-likeness (QED) is 0.699. The molecule has 0 unspecified atom stereocenters. The lowest BCUT2D eigenvalue weighted by molar-refractivity contribution is 0.102. The molecular formula is C17H14ClN3OS. The molecular weight excluding hydrogens is 330 g/mol. The monoisotopic (exact) mass is 343 g/mol. The number of carbonyl (C=O) groups is 1. The Kier molecular flexibility index (Phi) is 4.41. The Morgan fingerprint density at radius 3 is 2.78 bits per heavy atom. The molecule has 2 aromatic heterocycles. The maximum absolute atomic E-state index is 12.2. The third kappa shape index (κ3) is 3.57. The number of benzene rings is 1. The highest BCUT2D eigenvalue weighted by Gasteiger charge is 2.11. The summed E-state index contributed by atoms with van der Waals surface area (Å²) >= 11 is 7.12. The summed E-state index contributed by atoms with van der Waals surface area (Å²) in [5, 5.41) is 5.64. The Labute approximate surface area is 143 Å². The molecule has 0 bridgehead atoms. The average molecular weight is 344 g/mol. The summed E-state index contributed by atoms with van der Waals surface area (Å²) in [6.07, 6.45) is 1.44. The van der Waals surface area contributed by atoms with Gasteiger partial charge in [0.15, 0.2) is 5.13 Å². The van der Waals surface area contributed by atoms with Gasteiger partial charge >= 0.3 is 0 Å². The molecule has 0 saturated carbocycles. The predicted molar refractivity (Wildman–Crippen MR) is 94.2 cm³/mol. The Bertz CT molecular complexity index is 859. The minimum Gasteiger partial charge on any atom is -0.298 e. The number of aryl methyl sites for hydroxylation is 2. The van der Waals surface area contributed by atoms with Gasteiger partial charge in [0.2, 0.25) is 0 Å². The van der Waals surface area contributed by atoms with Crippen LogP contribution in [0.5, 0.6) is 0 Å². The number of anilines is 1. The summed E-state index contributed by atoms with van der Waals surface area (Å²) in [4.78, 5) is 20.6. The van der Waals surface area contributed by atoms with E-state index in [1.165, 1.54) is 23.1 Å². The molecule has 116 valence electrons. The van der Waals surface area contributed by atoms with E-state index < -0.39 is 0 Å². The Morgan fingerprint density at radius 2 is 2.04 bits per heavy atom. The van der Waals surface area contributed by atoms with E-state index >= 15 is 0 Å². The molecule has 0 aliphatic rings. The van der Waals surface area contributed by atoms with Crippen LogP contribution in [-0.4, -0.2) is 15.9 Å². The van der Waals surface area contributed by atoms with Crippen molar-refractivity contribution in [2.24, 2.45) is 0 Å². The van der Waals surface area contributed by atoms with Crippen LogP contribution in [0.25, 0.3) is 11.3 Å². The highest BCUT2D eigenvalue weighted by molar-refractivity contribution is 7.14.